The molecule has 1 saturated heterocycles. The zero-order chi connectivity index (χ0) is 12.5. The van der Waals surface area contributed by atoms with E-state index >= 15 is 0 Å². The molecule has 7 nitrogen and oxygen atoms in total. The first-order chi connectivity index (χ1) is 8.04. The van der Waals surface area contributed by atoms with E-state index in [1.54, 1.807) is 6.07 Å². The van der Waals surface area contributed by atoms with Crippen LogP contribution < -0.4 is 11.3 Å². The van der Waals surface area contributed by atoms with Crippen molar-refractivity contribution in [3.8, 4) is 0 Å². The number of hydrazine groups is 1. The molecule has 0 radical (unpaired) electrons. The molecule has 17 heavy (non-hydrogen) atoms. The Morgan fingerprint density at radius 2 is 2.35 bits per heavy atom. The van der Waals surface area contributed by atoms with E-state index in [4.69, 9.17) is 10.3 Å². The van der Waals surface area contributed by atoms with E-state index in [2.05, 4.69) is 0 Å². The van der Waals surface area contributed by atoms with Gasteiger partial charge in [0.25, 0.3) is 0 Å². The Kier molecular flexibility index (Phi) is 3.18. The summed E-state index contributed by atoms with van der Waals surface area (Å²) in [5, 5.41) is 0. The maximum absolute atomic E-state index is 11.6. The molecule has 1 aromatic rings. The topological polar surface area (TPSA) is 106 Å². The number of hydrogen-bond donors (Lipinski definition) is 2. The molecule has 1 aliphatic heterocycles. The first-order valence-electron chi connectivity index (χ1n) is 5.10. The lowest BCUT2D eigenvalue weighted by Crippen LogP contribution is -2.31. The number of carbonyl (C=O) groups is 1. The van der Waals surface area contributed by atoms with Crippen LogP contribution in [0.25, 0.3) is 0 Å². The molecule has 8 heteroatoms. The van der Waals surface area contributed by atoms with E-state index < -0.39 is 15.9 Å². The molecule has 1 aromatic heterocycles. The van der Waals surface area contributed by atoms with Gasteiger partial charge in [-0.3, -0.25) is 10.2 Å². The zero-order valence-corrected chi connectivity index (χ0v) is 9.87. The molecule has 0 bridgehead atoms. The van der Waals surface area contributed by atoms with Crippen LogP contribution in [-0.2, 0) is 16.6 Å². The van der Waals surface area contributed by atoms with Crippen LogP contribution in [0.3, 0.4) is 0 Å². The second-order valence-electron chi connectivity index (χ2n) is 3.75. The highest BCUT2D eigenvalue weighted by atomic mass is 32.2. The number of nitrogens with two attached hydrogens (primary N) is 1. The third kappa shape index (κ3) is 2.33. The van der Waals surface area contributed by atoms with Gasteiger partial charge in [-0.1, -0.05) is 0 Å². The number of rotatable bonds is 3. The minimum atomic E-state index is -3.18. The summed E-state index contributed by atoms with van der Waals surface area (Å²) in [6, 6.07) is 1.57. The number of furan rings is 1. The number of nitrogens with one attached hydrogen (secondary N) is 1. The highest BCUT2D eigenvalue weighted by molar-refractivity contribution is 7.89. The number of nitrogens with zero attached hydrogens (tertiary/aromatic N) is 1. The molecule has 2 heterocycles. The maximum Gasteiger partial charge on any atom is 0.301 e. The SMILES string of the molecule is NNC(=O)c1occc1CN1CCCS1(=O)=O. The molecular weight excluding hydrogens is 246 g/mol. The Balaban J connectivity index is 2.20. The molecule has 1 aliphatic rings. The molecule has 94 valence electrons. The van der Waals surface area contributed by atoms with E-state index in [0.29, 0.717) is 18.5 Å². The monoisotopic (exact) mass is 259 g/mol. The van der Waals surface area contributed by atoms with Crippen LogP contribution in [0.15, 0.2) is 16.7 Å². The van der Waals surface area contributed by atoms with Gasteiger partial charge in [-0.05, 0) is 12.5 Å². The summed E-state index contributed by atoms with van der Waals surface area (Å²) < 4.78 is 29.5. The van der Waals surface area contributed by atoms with Crippen molar-refractivity contribution in [1.82, 2.24) is 9.73 Å². The molecule has 3 N–H and O–H groups in total. The van der Waals surface area contributed by atoms with E-state index in [9.17, 15) is 13.2 Å². The van der Waals surface area contributed by atoms with Crippen LogP contribution in [0, 0.1) is 0 Å². The standard InChI is InChI=1S/C9H13N3O4S/c10-11-9(13)8-7(2-4-16-8)6-12-3-1-5-17(12,14)15/h2,4H,1,3,5-6,10H2,(H,11,13). The van der Waals surface area contributed by atoms with Crippen molar-refractivity contribution in [2.45, 2.75) is 13.0 Å². The fraction of sp³-hybridized carbons (Fsp3) is 0.444. The first-order valence-corrected chi connectivity index (χ1v) is 6.70. The molecule has 2 rings (SSSR count). The Bertz CT molecular complexity index is 522. The third-order valence-corrected chi connectivity index (χ3v) is 4.54. The minimum absolute atomic E-state index is 0.0506. The highest BCUT2D eigenvalue weighted by Gasteiger charge is 2.29. The van der Waals surface area contributed by atoms with Crippen LogP contribution in [-0.4, -0.2) is 30.9 Å². The smallest absolute Gasteiger partial charge is 0.301 e. The molecule has 0 aromatic carbocycles. The zero-order valence-electron chi connectivity index (χ0n) is 9.05. The highest BCUT2D eigenvalue weighted by Crippen LogP contribution is 2.20. The van der Waals surface area contributed by atoms with Crippen LogP contribution >= 0.6 is 0 Å². The van der Waals surface area contributed by atoms with E-state index in [1.807, 2.05) is 5.43 Å². The van der Waals surface area contributed by atoms with Gasteiger partial charge in [0.15, 0.2) is 5.76 Å². The largest absolute Gasteiger partial charge is 0.459 e. The minimum Gasteiger partial charge on any atom is -0.459 e. The quantitative estimate of drug-likeness (QED) is 0.429. The fourth-order valence-electron chi connectivity index (χ4n) is 1.78. The van der Waals surface area contributed by atoms with Crippen molar-refractivity contribution in [3.63, 3.8) is 0 Å². The average molecular weight is 259 g/mol. The van der Waals surface area contributed by atoms with E-state index in [0.717, 1.165) is 0 Å². The third-order valence-electron chi connectivity index (χ3n) is 2.63. The number of carbonyl (C=O) groups excluding carboxylic acids is 1. The Hall–Kier alpha value is -1.38. The van der Waals surface area contributed by atoms with Crippen molar-refractivity contribution in [1.29, 1.82) is 0 Å². The summed E-state index contributed by atoms with van der Waals surface area (Å²) in [6.07, 6.45) is 1.95. The summed E-state index contributed by atoms with van der Waals surface area (Å²) in [4.78, 5) is 11.3. The molecule has 1 fully saturated rings. The van der Waals surface area contributed by atoms with Crippen molar-refractivity contribution < 1.29 is 17.6 Å². The number of amides is 1. The molecule has 0 atom stereocenters. The van der Waals surface area contributed by atoms with Crippen LogP contribution in [0.2, 0.25) is 0 Å². The molecular formula is C9H13N3O4S. The maximum atomic E-state index is 11.6. The predicted octanol–water partition coefficient (Wildman–Crippen LogP) is -0.581. The van der Waals surface area contributed by atoms with Gasteiger partial charge < -0.3 is 4.42 Å². The van der Waals surface area contributed by atoms with Gasteiger partial charge in [-0.2, -0.15) is 4.31 Å². The van der Waals surface area contributed by atoms with Gasteiger partial charge in [0.2, 0.25) is 10.0 Å². The summed E-state index contributed by atoms with van der Waals surface area (Å²) in [6.45, 7) is 0.610. The molecule has 0 unspecified atom stereocenters. The normalized spacial score (nSPS) is 19.4. The second-order valence-corrected chi connectivity index (χ2v) is 5.84. The van der Waals surface area contributed by atoms with Gasteiger partial charge in [-0.25, -0.2) is 14.3 Å². The van der Waals surface area contributed by atoms with Gasteiger partial charge in [-0.15, -0.1) is 0 Å². The predicted molar refractivity (Wildman–Crippen MR) is 59.2 cm³/mol. The lowest BCUT2D eigenvalue weighted by atomic mass is 10.2. The van der Waals surface area contributed by atoms with Gasteiger partial charge in [0.05, 0.1) is 12.0 Å². The summed E-state index contributed by atoms with van der Waals surface area (Å²) >= 11 is 0. The Labute approximate surface area is 98.6 Å². The lowest BCUT2D eigenvalue weighted by Gasteiger charge is -2.13. The van der Waals surface area contributed by atoms with Crippen molar-refractivity contribution in [2.24, 2.45) is 5.84 Å². The number of nitrogen functional groups attached to an aromatic ring is 1. The van der Waals surface area contributed by atoms with Gasteiger partial charge >= 0.3 is 5.91 Å². The van der Waals surface area contributed by atoms with Gasteiger partial charge in [0, 0.05) is 18.7 Å². The fourth-order valence-corrected chi connectivity index (χ4v) is 3.28. The van der Waals surface area contributed by atoms with E-state index in [-0.39, 0.29) is 18.1 Å². The van der Waals surface area contributed by atoms with Gasteiger partial charge in [0.1, 0.15) is 0 Å². The van der Waals surface area contributed by atoms with Crippen molar-refractivity contribution in [3.05, 3.63) is 23.7 Å². The summed E-state index contributed by atoms with van der Waals surface area (Å²) in [5.74, 6) is 4.64. The van der Waals surface area contributed by atoms with Crippen LogP contribution in [0.1, 0.15) is 22.5 Å². The summed E-state index contributed by atoms with van der Waals surface area (Å²) in [5.41, 5.74) is 2.47. The van der Waals surface area contributed by atoms with Crippen molar-refractivity contribution >= 4 is 15.9 Å². The van der Waals surface area contributed by atoms with Crippen LogP contribution in [0.5, 0.6) is 0 Å². The second kappa shape index (κ2) is 4.47. The first kappa shape index (κ1) is 12.1. The van der Waals surface area contributed by atoms with Crippen molar-refractivity contribution in [2.75, 3.05) is 12.3 Å². The number of hydrogen-bond acceptors (Lipinski definition) is 5. The molecule has 0 saturated carbocycles. The Morgan fingerprint density at radius 1 is 1.59 bits per heavy atom. The average Bonchev–Trinajstić information content (AvgIpc) is 2.86. The van der Waals surface area contributed by atoms with E-state index in [1.165, 1.54) is 10.6 Å². The number of sulfonamides is 1. The van der Waals surface area contributed by atoms with Crippen LogP contribution in [0.4, 0.5) is 0 Å². The Morgan fingerprint density at radius 3 is 2.94 bits per heavy atom. The lowest BCUT2D eigenvalue weighted by molar-refractivity contribution is 0.0924. The molecule has 0 spiro atoms. The molecule has 1 amide bonds. The summed E-state index contributed by atoms with van der Waals surface area (Å²) in [7, 11) is -3.18. The molecule has 0 aliphatic carbocycles.